The third-order valence-electron chi connectivity index (χ3n) is 3.07. The molecule has 0 saturated carbocycles. The molecule has 0 fully saturated rings. The Bertz CT molecular complexity index is 509. The van der Waals surface area contributed by atoms with Gasteiger partial charge in [0, 0.05) is 19.5 Å². The van der Waals surface area contributed by atoms with Crippen molar-refractivity contribution < 1.29 is 14.7 Å². The van der Waals surface area contributed by atoms with Gasteiger partial charge in [-0.05, 0) is 18.3 Å². The summed E-state index contributed by atoms with van der Waals surface area (Å²) in [5.74, 6) is -0.155. The molecule has 1 heterocycles. The van der Waals surface area contributed by atoms with E-state index in [1.807, 2.05) is 4.68 Å². The van der Waals surface area contributed by atoms with E-state index >= 15 is 0 Å². The van der Waals surface area contributed by atoms with Crippen LogP contribution < -0.4 is 10.6 Å². The first kappa shape index (κ1) is 18.0. The molecule has 22 heavy (non-hydrogen) atoms. The smallest absolute Gasteiger partial charge is 0.319 e. The van der Waals surface area contributed by atoms with E-state index < -0.39 is 5.97 Å². The van der Waals surface area contributed by atoms with Crippen LogP contribution in [0.3, 0.4) is 0 Å². The van der Waals surface area contributed by atoms with E-state index in [0.717, 1.165) is 12.2 Å². The molecule has 1 aromatic rings. The highest BCUT2D eigenvalue weighted by molar-refractivity contribution is 5.89. The monoisotopic (exact) mass is 310 g/mol. The second kappa shape index (κ2) is 8.41. The minimum absolute atomic E-state index is 0.0455. The summed E-state index contributed by atoms with van der Waals surface area (Å²) < 4.78 is 1.93. The van der Waals surface area contributed by atoms with Gasteiger partial charge in [0.05, 0.1) is 17.6 Å². The number of carbonyl (C=O) groups excluding carboxylic acids is 1. The van der Waals surface area contributed by atoms with Crippen LogP contribution in [0.5, 0.6) is 0 Å². The van der Waals surface area contributed by atoms with Crippen molar-refractivity contribution in [2.24, 2.45) is 5.92 Å². The third kappa shape index (κ3) is 5.75. The number of nitrogens with one attached hydrogen (secondary N) is 2. The molecule has 0 spiro atoms. The fraction of sp³-hybridized carbons (Fsp3) is 0.667. The number of amides is 2. The molecule has 0 atom stereocenters. The maximum Gasteiger partial charge on any atom is 0.319 e. The lowest BCUT2D eigenvalue weighted by Crippen LogP contribution is -2.30. The number of rotatable bonds is 8. The van der Waals surface area contributed by atoms with Crippen molar-refractivity contribution in [1.29, 1.82) is 0 Å². The largest absolute Gasteiger partial charge is 0.481 e. The molecule has 1 rings (SSSR count). The molecule has 0 unspecified atom stereocenters. The lowest BCUT2D eigenvalue weighted by atomic mass is 10.1. The topological polar surface area (TPSA) is 96.3 Å². The SMILES string of the molecule is CC(C)Cn1ncc(NC(=O)NCCCC(=O)O)c1C(C)C. The Hall–Kier alpha value is -2.05. The third-order valence-corrected chi connectivity index (χ3v) is 3.07. The highest BCUT2D eigenvalue weighted by Gasteiger charge is 2.16. The van der Waals surface area contributed by atoms with Crippen molar-refractivity contribution in [2.75, 3.05) is 11.9 Å². The molecular weight excluding hydrogens is 284 g/mol. The summed E-state index contributed by atoms with van der Waals surface area (Å²) in [7, 11) is 0. The molecule has 0 saturated heterocycles. The minimum atomic E-state index is -0.862. The van der Waals surface area contributed by atoms with Gasteiger partial charge >= 0.3 is 12.0 Å². The maximum atomic E-state index is 11.9. The molecule has 7 nitrogen and oxygen atoms in total. The van der Waals surface area contributed by atoms with E-state index in [4.69, 9.17) is 5.11 Å². The van der Waals surface area contributed by atoms with Crippen molar-refractivity contribution in [1.82, 2.24) is 15.1 Å². The predicted molar refractivity (Wildman–Crippen MR) is 85.0 cm³/mol. The summed E-state index contributed by atoms with van der Waals surface area (Å²) in [6.07, 6.45) is 2.12. The van der Waals surface area contributed by atoms with Crippen molar-refractivity contribution in [3.8, 4) is 0 Å². The summed E-state index contributed by atoms with van der Waals surface area (Å²) in [5, 5.41) is 18.3. The first-order valence-electron chi connectivity index (χ1n) is 7.63. The number of anilines is 1. The zero-order valence-electron chi connectivity index (χ0n) is 13.7. The van der Waals surface area contributed by atoms with Crippen LogP contribution in [0.15, 0.2) is 6.20 Å². The van der Waals surface area contributed by atoms with E-state index in [1.54, 1.807) is 6.20 Å². The minimum Gasteiger partial charge on any atom is -0.481 e. The molecule has 0 aliphatic rings. The lowest BCUT2D eigenvalue weighted by molar-refractivity contribution is -0.137. The first-order valence-corrected chi connectivity index (χ1v) is 7.63. The number of carboxylic acid groups (broad SMARTS) is 1. The van der Waals surface area contributed by atoms with Gasteiger partial charge < -0.3 is 15.7 Å². The molecule has 124 valence electrons. The van der Waals surface area contributed by atoms with Gasteiger partial charge in [-0.1, -0.05) is 27.7 Å². The van der Waals surface area contributed by atoms with E-state index in [1.165, 1.54) is 0 Å². The normalized spacial score (nSPS) is 11.0. The number of nitrogens with zero attached hydrogens (tertiary/aromatic N) is 2. The lowest BCUT2D eigenvalue weighted by Gasteiger charge is -2.15. The van der Waals surface area contributed by atoms with E-state index in [2.05, 4.69) is 43.4 Å². The molecule has 0 aliphatic heterocycles. The van der Waals surface area contributed by atoms with Gasteiger partial charge in [0.15, 0.2) is 0 Å². The molecule has 0 aliphatic carbocycles. The zero-order valence-corrected chi connectivity index (χ0v) is 13.7. The number of hydrogen-bond acceptors (Lipinski definition) is 3. The number of urea groups is 1. The Morgan fingerprint density at radius 3 is 2.55 bits per heavy atom. The van der Waals surface area contributed by atoms with Crippen LogP contribution in [0, 0.1) is 5.92 Å². The predicted octanol–water partition coefficient (Wildman–Crippen LogP) is 2.65. The quantitative estimate of drug-likeness (QED) is 0.643. The van der Waals surface area contributed by atoms with E-state index in [-0.39, 0.29) is 18.4 Å². The van der Waals surface area contributed by atoms with Gasteiger partial charge in [-0.3, -0.25) is 9.48 Å². The van der Waals surface area contributed by atoms with Crippen LogP contribution in [0.2, 0.25) is 0 Å². The Morgan fingerprint density at radius 1 is 1.32 bits per heavy atom. The number of hydrogen-bond donors (Lipinski definition) is 3. The molecule has 2 amide bonds. The number of aliphatic carboxylic acids is 1. The Labute approximate surface area is 131 Å². The summed E-state index contributed by atoms with van der Waals surface area (Å²) >= 11 is 0. The van der Waals surface area contributed by atoms with Crippen molar-refractivity contribution in [2.45, 2.75) is 53.0 Å². The van der Waals surface area contributed by atoms with Gasteiger partial charge in [-0.25, -0.2) is 4.79 Å². The molecule has 7 heteroatoms. The summed E-state index contributed by atoms with van der Waals surface area (Å²) in [5.41, 5.74) is 1.70. The molecule has 0 aromatic carbocycles. The van der Waals surface area contributed by atoms with Gasteiger partial charge in [0.25, 0.3) is 0 Å². The van der Waals surface area contributed by atoms with Gasteiger partial charge in [0.2, 0.25) is 0 Å². The van der Waals surface area contributed by atoms with E-state index in [9.17, 15) is 9.59 Å². The van der Waals surface area contributed by atoms with E-state index in [0.29, 0.717) is 24.6 Å². The van der Waals surface area contributed by atoms with Crippen LogP contribution >= 0.6 is 0 Å². The average Bonchev–Trinajstić information content (AvgIpc) is 2.76. The van der Waals surface area contributed by atoms with Crippen LogP contribution in [0.4, 0.5) is 10.5 Å². The molecule has 0 radical (unpaired) electrons. The molecule has 1 aromatic heterocycles. The van der Waals surface area contributed by atoms with Crippen LogP contribution in [0.1, 0.15) is 52.1 Å². The summed E-state index contributed by atoms with van der Waals surface area (Å²) in [6.45, 7) is 9.49. The van der Waals surface area contributed by atoms with Crippen LogP contribution in [0.25, 0.3) is 0 Å². The Morgan fingerprint density at radius 2 is 2.00 bits per heavy atom. The van der Waals surface area contributed by atoms with Crippen LogP contribution in [-0.2, 0) is 11.3 Å². The zero-order chi connectivity index (χ0) is 16.7. The standard InChI is InChI=1S/C15H26N4O3/c1-10(2)9-19-14(11(3)4)12(8-17-19)18-15(22)16-7-5-6-13(20)21/h8,10-11H,5-7,9H2,1-4H3,(H,20,21)(H2,16,18,22). The molecular formula is C15H26N4O3. The van der Waals surface area contributed by atoms with Crippen molar-refractivity contribution in [3.05, 3.63) is 11.9 Å². The number of carboxylic acids is 1. The average molecular weight is 310 g/mol. The van der Waals surface area contributed by atoms with Crippen molar-refractivity contribution >= 4 is 17.7 Å². The van der Waals surface area contributed by atoms with Gasteiger partial charge in [0.1, 0.15) is 0 Å². The second-order valence-corrected chi connectivity index (χ2v) is 6.05. The highest BCUT2D eigenvalue weighted by atomic mass is 16.4. The fourth-order valence-corrected chi connectivity index (χ4v) is 2.20. The Balaban J connectivity index is 2.62. The first-order chi connectivity index (χ1) is 10.3. The molecule has 0 bridgehead atoms. The number of aromatic nitrogens is 2. The highest BCUT2D eigenvalue weighted by Crippen LogP contribution is 2.24. The van der Waals surface area contributed by atoms with Crippen molar-refractivity contribution in [3.63, 3.8) is 0 Å². The van der Waals surface area contributed by atoms with Crippen LogP contribution in [-0.4, -0.2) is 33.4 Å². The van der Waals surface area contributed by atoms with Gasteiger partial charge in [-0.2, -0.15) is 5.10 Å². The summed E-state index contributed by atoms with van der Waals surface area (Å²) in [4.78, 5) is 22.3. The second-order valence-electron chi connectivity index (χ2n) is 6.05. The maximum absolute atomic E-state index is 11.9. The molecule has 3 N–H and O–H groups in total. The Kier molecular flexibility index (Phi) is 6.88. The summed E-state index contributed by atoms with van der Waals surface area (Å²) in [6, 6.07) is -0.337. The number of carbonyl (C=O) groups is 2. The van der Waals surface area contributed by atoms with Gasteiger partial charge in [-0.15, -0.1) is 0 Å². The fourth-order valence-electron chi connectivity index (χ4n) is 2.20.